The summed E-state index contributed by atoms with van der Waals surface area (Å²) >= 11 is 3.38. The molecule has 0 aromatic heterocycles. The van der Waals surface area contributed by atoms with Crippen LogP contribution in [0.2, 0.25) is 0 Å². The van der Waals surface area contributed by atoms with Crippen LogP contribution >= 0.6 is 15.9 Å². The first-order valence-corrected chi connectivity index (χ1v) is 7.16. The van der Waals surface area contributed by atoms with Crippen LogP contribution in [-0.2, 0) is 0 Å². The Morgan fingerprint density at radius 1 is 1.20 bits per heavy atom. The Hall–Kier alpha value is -1.81. The number of halogens is 1. The van der Waals surface area contributed by atoms with E-state index in [2.05, 4.69) is 15.9 Å². The van der Waals surface area contributed by atoms with E-state index in [0.717, 1.165) is 10.0 Å². The third-order valence-electron chi connectivity index (χ3n) is 3.37. The number of rotatable bonds is 3. The first kappa shape index (κ1) is 14.6. The summed E-state index contributed by atoms with van der Waals surface area (Å²) in [6, 6.07) is 15.0. The van der Waals surface area contributed by atoms with Crippen LogP contribution in [0.25, 0.3) is 0 Å². The summed E-state index contributed by atoms with van der Waals surface area (Å²) in [6.45, 7) is 1.99. The number of carbonyl (C=O) groups excluding carboxylic acids is 1. The summed E-state index contributed by atoms with van der Waals surface area (Å²) in [7, 11) is 1.80. The van der Waals surface area contributed by atoms with Gasteiger partial charge in [0, 0.05) is 22.8 Å². The third-order valence-corrected chi connectivity index (χ3v) is 3.86. The molecule has 0 fully saturated rings. The maximum Gasteiger partial charge on any atom is 0.254 e. The molecular formula is C16H17BrN2O. The highest BCUT2D eigenvalue weighted by atomic mass is 79.9. The number of nitrogen functional groups attached to an aromatic ring is 1. The highest BCUT2D eigenvalue weighted by Gasteiger charge is 2.19. The molecule has 0 bridgehead atoms. The van der Waals surface area contributed by atoms with Gasteiger partial charge in [0.05, 0.1) is 6.04 Å². The monoisotopic (exact) mass is 332 g/mol. The Morgan fingerprint density at radius 3 is 2.55 bits per heavy atom. The zero-order valence-electron chi connectivity index (χ0n) is 11.5. The molecule has 1 unspecified atom stereocenters. The van der Waals surface area contributed by atoms with Gasteiger partial charge in [-0.2, -0.15) is 0 Å². The average Bonchev–Trinajstić information content (AvgIpc) is 2.45. The Labute approximate surface area is 127 Å². The molecule has 0 aliphatic rings. The number of benzene rings is 2. The van der Waals surface area contributed by atoms with Gasteiger partial charge in [-0.15, -0.1) is 0 Å². The maximum atomic E-state index is 12.5. The lowest BCUT2D eigenvalue weighted by molar-refractivity contribution is 0.0742. The fourth-order valence-electron chi connectivity index (χ4n) is 2.04. The van der Waals surface area contributed by atoms with E-state index in [1.165, 1.54) is 0 Å². The van der Waals surface area contributed by atoms with E-state index < -0.39 is 0 Å². The van der Waals surface area contributed by atoms with E-state index in [1.54, 1.807) is 11.9 Å². The summed E-state index contributed by atoms with van der Waals surface area (Å²) in [5.41, 5.74) is 8.19. The summed E-state index contributed by atoms with van der Waals surface area (Å²) in [6.07, 6.45) is 0. The van der Waals surface area contributed by atoms with Gasteiger partial charge in [0.1, 0.15) is 0 Å². The van der Waals surface area contributed by atoms with E-state index >= 15 is 0 Å². The van der Waals surface area contributed by atoms with Crippen molar-refractivity contribution in [1.82, 2.24) is 4.90 Å². The maximum absolute atomic E-state index is 12.5. The number of nitrogens with two attached hydrogens (primary N) is 1. The fourth-order valence-corrected chi connectivity index (χ4v) is 2.44. The van der Waals surface area contributed by atoms with Crippen molar-refractivity contribution in [2.24, 2.45) is 0 Å². The fraction of sp³-hybridized carbons (Fsp3) is 0.188. The highest BCUT2D eigenvalue weighted by molar-refractivity contribution is 9.10. The molecule has 0 aliphatic carbocycles. The number of hydrogen-bond donors (Lipinski definition) is 1. The van der Waals surface area contributed by atoms with Gasteiger partial charge >= 0.3 is 0 Å². The molecule has 2 N–H and O–H groups in total. The number of amides is 1. The zero-order chi connectivity index (χ0) is 14.7. The second-order valence-electron chi connectivity index (χ2n) is 4.77. The van der Waals surface area contributed by atoms with Crippen molar-refractivity contribution in [2.45, 2.75) is 13.0 Å². The Kier molecular flexibility index (Phi) is 4.45. The zero-order valence-corrected chi connectivity index (χ0v) is 13.1. The van der Waals surface area contributed by atoms with Gasteiger partial charge in [0.2, 0.25) is 0 Å². The first-order valence-electron chi connectivity index (χ1n) is 6.37. The standard InChI is InChI=1S/C16H17BrN2O/c1-11(12-5-4-8-15(18)10-12)19(2)16(20)13-6-3-7-14(17)9-13/h3-11H,18H2,1-2H3. The van der Waals surface area contributed by atoms with Crippen molar-refractivity contribution >= 4 is 27.5 Å². The SMILES string of the molecule is CC(c1cccc(N)c1)N(C)C(=O)c1cccc(Br)c1. The number of anilines is 1. The van der Waals surface area contributed by atoms with Crippen LogP contribution in [0.15, 0.2) is 53.0 Å². The van der Waals surface area contributed by atoms with E-state index in [4.69, 9.17) is 5.73 Å². The molecule has 2 aromatic carbocycles. The number of hydrogen-bond acceptors (Lipinski definition) is 2. The van der Waals surface area contributed by atoms with Crippen LogP contribution in [0.1, 0.15) is 28.9 Å². The number of carbonyl (C=O) groups is 1. The summed E-state index contributed by atoms with van der Waals surface area (Å²) < 4.78 is 0.897. The molecule has 0 saturated heterocycles. The quantitative estimate of drug-likeness (QED) is 0.867. The molecule has 4 heteroatoms. The second-order valence-corrected chi connectivity index (χ2v) is 5.69. The minimum absolute atomic E-state index is 0.0128. The van der Waals surface area contributed by atoms with Crippen LogP contribution in [0.5, 0.6) is 0 Å². The lowest BCUT2D eigenvalue weighted by atomic mass is 10.1. The van der Waals surface area contributed by atoms with E-state index in [1.807, 2.05) is 55.5 Å². The summed E-state index contributed by atoms with van der Waals surface area (Å²) in [4.78, 5) is 14.2. The Morgan fingerprint density at radius 2 is 1.90 bits per heavy atom. The van der Waals surface area contributed by atoms with Gasteiger partial charge in [-0.1, -0.05) is 34.1 Å². The van der Waals surface area contributed by atoms with Crippen LogP contribution in [0.4, 0.5) is 5.69 Å². The molecule has 3 nitrogen and oxygen atoms in total. The molecule has 1 atom stereocenters. The topological polar surface area (TPSA) is 46.3 Å². The van der Waals surface area contributed by atoms with Crippen molar-refractivity contribution in [3.8, 4) is 0 Å². The lowest BCUT2D eigenvalue weighted by Gasteiger charge is -2.25. The van der Waals surface area contributed by atoms with Gasteiger partial charge in [-0.05, 0) is 42.8 Å². The van der Waals surface area contributed by atoms with Crippen molar-refractivity contribution < 1.29 is 4.79 Å². The largest absolute Gasteiger partial charge is 0.399 e. The van der Waals surface area contributed by atoms with E-state index in [0.29, 0.717) is 11.3 Å². The molecule has 2 aromatic rings. The van der Waals surface area contributed by atoms with Crippen molar-refractivity contribution in [1.29, 1.82) is 0 Å². The predicted molar refractivity (Wildman–Crippen MR) is 85.5 cm³/mol. The van der Waals surface area contributed by atoms with Crippen molar-refractivity contribution in [2.75, 3.05) is 12.8 Å². The minimum atomic E-state index is -0.0371. The third kappa shape index (κ3) is 3.20. The molecule has 0 spiro atoms. The second kappa shape index (κ2) is 6.09. The van der Waals surface area contributed by atoms with Crippen LogP contribution in [-0.4, -0.2) is 17.9 Å². The van der Waals surface area contributed by atoms with E-state index in [9.17, 15) is 4.79 Å². The van der Waals surface area contributed by atoms with Crippen LogP contribution in [0.3, 0.4) is 0 Å². The smallest absolute Gasteiger partial charge is 0.254 e. The van der Waals surface area contributed by atoms with Crippen LogP contribution < -0.4 is 5.73 Å². The van der Waals surface area contributed by atoms with Crippen molar-refractivity contribution in [3.05, 3.63) is 64.1 Å². The average molecular weight is 333 g/mol. The molecule has 0 heterocycles. The minimum Gasteiger partial charge on any atom is -0.399 e. The van der Waals surface area contributed by atoms with Crippen LogP contribution in [0, 0.1) is 0 Å². The summed E-state index contributed by atoms with van der Waals surface area (Å²) in [5.74, 6) is -0.0128. The van der Waals surface area contributed by atoms with Gasteiger partial charge in [0.25, 0.3) is 5.91 Å². The highest BCUT2D eigenvalue weighted by Crippen LogP contribution is 2.23. The van der Waals surface area contributed by atoms with Gasteiger partial charge in [-0.25, -0.2) is 0 Å². The van der Waals surface area contributed by atoms with Gasteiger partial charge < -0.3 is 10.6 Å². The van der Waals surface area contributed by atoms with E-state index in [-0.39, 0.29) is 11.9 Å². The molecular weight excluding hydrogens is 316 g/mol. The Bertz CT molecular complexity index is 627. The molecule has 2 rings (SSSR count). The normalized spacial score (nSPS) is 11.9. The first-order chi connectivity index (χ1) is 9.49. The summed E-state index contributed by atoms with van der Waals surface area (Å²) in [5, 5.41) is 0. The molecule has 20 heavy (non-hydrogen) atoms. The lowest BCUT2D eigenvalue weighted by Crippen LogP contribution is -2.29. The van der Waals surface area contributed by atoms with Crippen molar-refractivity contribution in [3.63, 3.8) is 0 Å². The molecule has 0 radical (unpaired) electrons. The van der Waals surface area contributed by atoms with Gasteiger partial charge in [-0.3, -0.25) is 4.79 Å². The Balaban J connectivity index is 2.22. The predicted octanol–water partition coefficient (Wildman–Crippen LogP) is 3.86. The molecule has 104 valence electrons. The molecule has 0 saturated carbocycles. The molecule has 0 aliphatic heterocycles. The van der Waals surface area contributed by atoms with Gasteiger partial charge in [0.15, 0.2) is 0 Å². The molecule has 1 amide bonds. The number of nitrogens with zero attached hydrogens (tertiary/aromatic N) is 1.